The molecule has 2 saturated heterocycles. The van der Waals surface area contributed by atoms with Crippen LogP contribution in [0.4, 0.5) is 0 Å². The Kier molecular flexibility index (Phi) is 4.61. The normalized spacial score (nSPS) is 23.4. The summed E-state index contributed by atoms with van der Waals surface area (Å²) in [6.07, 6.45) is 6.98. The van der Waals surface area contributed by atoms with Crippen LogP contribution in [0.25, 0.3) is 0 Å². The Hall–Kier alpha value is -2.65. The molecule has 28 heavy (non-hydrogen) atoms. The van der Waals surface area contributed by atoms with Crippen molar-refractivity contribution in [2.45, 2.75) is 31.0 Å². The lowest BCUT2D eigenvalue weighted by atomic mass is 10.00. The first-order valence-electron chi connectivity index (χ1n) is 9.78. The maximum atomic E-state index is 12.5. The summed E-state index contributed by atoms with van der Waals surface area (Å²) in [5.74, 6) is 1.96. The second-order valence-corrected chi connectivity index (χ2v) is 7.53. The number of fused-ring (bicyclic) bond motifs is 1. The predicted molar refractivity (Wildman–Crippen MR) is 101 cm³/mol. The van der Waals surface area contributed by atoms with E-state index in [4.69, 9.17) is 9.47 Å². The molecule has 0 spiro atoms. The highest BCUT2D eigenvalue weighted by Crippen LogP contribution is 2.27. The first kappa shape index (κ1) is 17.4. The molecule has 0 radical (unpaired) electrons. The molecule has 9 heteroatoms. The number of pyridine rings is 1. The third-order valence-electron chi connectivity index (χ3n) is 5.50. The minimum absolute atomic E-state index is 0.0850. The number of likely N-dealkylation sites (tertiary alicyclic amines) is 1. The molecule has 1 atom stereocenters. The smallest absolute Gasteiger partial charge is 0.273 e. The Bertz CT molecular complexity index is 829. The average Bonchev–Trinajstić information content (AvgIpc) is 3.12. The van der Waals surface area contributed by atoms with Gasteiger partial charge >= 0.3 is 0 Å². The summed E-state index contributed by atoms with van der Waals surface area (Å²) in [6.45, 7) is 3.85. The number of carbonyl (C=O) groups excluding carboxylic acids is 1. The summed E-state index contributed by atoms with van der Waals surface area (Å²) in [5, 5.41) is 3.02. The summed E-state index contributed by atoms with van der Waals surface area (Å²) < 4.78 is 13.2. The monoisotopic (exact) mass is 384 g/mol. The van der Waals surface area contributed by atoms with Gasteiger partial charge in [0.25, 0.3) is 5.91 Å². The van der Waals surface area contributed by atoms with E-state index in [0.717, 1.165) is 50.7 Å². The van der Waals surface area contributed by atoms with Crippen LogP contribution in [0.3, 0.4) is 0 Å². The molecule has 0 aliphatic carbocycles. The summed E-state index contributed by atoms with van der Waals surface area (Å²) in [5.41, 5.74) is 3.99. The van der Waals surface area contributed by atoms with Gasteiger partial charge in [0.05, 0.1) is 12.4 Å². The molecular formula is C19H24N6O3. The standard InChI is InChI=1S/C19H24N6O3/c26-19-16-9-21-18(13-3-6-27-7-4-13)25(16)23-17(22-19)12-24-10-15(11-24)28-14-2-1-5-20-8-14/h1-2,5,8-9,13,15,17,23H,3-4,6-7,10-12H2,(H,22,26). The molecule has 2 fully saturated rings. The first-order valence-corrected chi connectivity index (χ1v) is 9.78. The topological polar surface area (TPSA) is 93.5 Å². The zero-order valence-electron chi connectivity index (χ0n) is 15.6. The molecule has 0 bridgehead atoms. The molecule has 2 N–H and O–H groups in total. The van der Waals surface area contributed by atoms with Gasteiger partial charge < -0.3 is 20.2 Å². The van der Waals surface area contributed by atoms with Gasteiger partial charge in [-0.15, -0.1) is 0 Å². The van der Waals surface area contributed by atoms with Gasteiger partial charge in [0.15, 0.2) is 0 Å². The lowest BCUT2D eigenvalue weighted by Crippen LogP contribution is -2.61. The summed E-state index contributed by atoms with van der Waals surface area (Å²) in [4.78, 5) is 23.3. The van der Waals surface area contributed by atoms with Gasteiger partial charge in [-0.25, -0.2) is 9.66 Å². The van der Waals surface area contributed by atoms with Crippen LogP contribution < -0.4 is 15.5 Å². The fourth-order valence-corrected chi connectivity index (χ4v) is 4.03. The van der Waals surface area contributed by atoms with Gasteiger partial charge in [0, 0.05) is 45.0 Å². The molecule has 3 aliphatic heterocycles. The molecule has 5 rings (SSSR count). The fourth-order valence-electron chi connectivity index (χ4n) is 4.03. The van der Waals surface area contributed by atoms with E-state index in [0.29, 0.717) is 18.2 Å². The number of ether oxygens (including phenoxy) is 2. The van der Waals surface area contributed by atoms with Crippen LogP contribution in [0, 0.1) is 0 Å². The molecule has 9 nitrogen and oxygen atoms in total. The highest BCUT2D eigenvalue weighted by molar-refractivity contribution is 5.93. The number of amides is 1. The maximum Gasteiger partial charge on any atom is 0.273 e. The second-order valence-electron chi connectivity index (χ2n) is 7.53. The van der Waals surface area contributed by atoms with Crippen molar-refractivity contribution in [3.8, 4) is 5.75 Å². The van der Waals surface area contributed by atoms with Gasteiger partial charge in [-0.2, -0.15) is 0 Å². The van der Waals surface area contributed by atoms with E-state index in [1.54, 1.807) is 18.6 Å². The molecule has 5 heterocycles. The highest BCUT2D eigenvalue weighted by Gasteiger charge is 2.34. The number of aromatic nitrogens is 3. The summed E-state index contributed by atoms with van der Waals surface area (Å²) in [6, 6.07) is 3.78. The minimum Gasteiger partial charge on any atom is -0.486 e. The third kappa shape index (κ3) is 3.43. The van der Waals surface area contributed by atoms with Crippen LogP contribution >= 0.6 is 0 Å². The Labute approximate surface area is 163 Å². The second kappa shape index (κ2) is 7.40. The van der Waals surface area contributed by atoms with Crippen LogP contribution in [0.1, 0.15) is 35.1 Å². The van der Waals surface area contributed by atoms with Crippen molar-refractivity contribution in [1.29, 1.82) is 0 Å². The number of hydrogen-bond donors (Lipinski definition) is 2. The van der Waals surface area contributed by atoms with Crippen LogP contribution in [0.5, 0.6) is 5.75 Å². The van der Waals surface area contributed by atoms with Crippen molar-refractivity contribution < 1.29 is 14.3 Å². The highest BCUT2D eigenvalue weighted by atomic mass is 16.5. The van der Waals surface area contributed by atoms with Gasteiger partial charge in [0.2, 0.25) is 0 Å². The van der Waals surface area contributed by atoms with E-state index >= 15 is 0 Å². The predicted octanol–water partition coefficient (Wildman–Crippen LogP) is 0.548. The number of rotatable bonds is 5. The van der Waals surface area contributed by atoms with E-state index in [1.165, 1.54) is 0 Å². The van der Waals surface area contributed by atoms with Crippen molar-refractivity contribution in [3.63, 3.8) is 0 Å². The Balaban J connectivity index is 1.19. The summed E-state index contributed by atoms with van der Waals surface area (Å²) >= 11 is 0. The largest absolute Gasteiger partial charge is 0.486 e. The van der Waals surface area contributed by atoms with E-state index in [2.05, 4.69) is 25.6 Å². The van der Waals surface area contributed by atoms with Crippen molar-refractivity contribution in [2.75, 3.05) is 38.3 Å². The van der Waals surface area contributed by atoms with Crippen molar-refractivity contribution in [2.24, 2.45) is 0 Å². The minimum atomic E-state index is -0.160. The summed E-state index contributed by atoms with van der Waals surface area (Å²) in [7, 11) is 0. The Morgan fingerprint density at radius 1 is 1.25 bits per heavy atom. The van der Waals surface area contributed by atoms with Crippen LogP contribution in [0.15, 0.2) is 30.7 Å². The van der Waals surface area contributed by atoms with Crippen LogP contribution in [-0.2, 0) is 4.74 Å². The first-order chi connectivity index (χ1) is 13.8. The Morgan fingerprint density at radius 2 is 2.11 bits per heavy atom. The average molecular weight is 384 g/mol. The van der Waals surface area contributed by atoms with Gasteiger partial charge in [-0.3, -0.25) is 14.7 Å². The van der Waals surface area contributed by atoms with Crippen LogP contribution in [0.2, 0.25) is 0 Å². The van der Waals surface area contributed by atoms with E-state index < -0.39 is 0 Å². The van der Waals surface area contributed by atoms with Gasteiger partial charge in [0.1, 0.15) is 29.5 Å². The number of imidazole rings is 1. The number of nitrogens with zero attached hydrogens (tertiary/aromatic N) is 4. The van der Waals surface area contributed by atoms with Crippen molar-refractivity contribution >= 4 is 5.91 Å². The zero-order valence-corrected chi connectivity index (χ0v) is 15.6. The fraction of sp³-hybridized carbons (Fsp3) is 0.526. The zero-order chi connectivity index (χ0) is 18.9. The molecule has 3 aliphatic rings. The molecule has 0 aromatic carbocycles. The molecular weight excluding hydrogens is 360 g/mol. The molecule has 148 valence electrons. The van der Waals surface area contributed by atoms with Crippen molar-refractivity contribution in [3.05, 3.63) is 42.2 Å². The Morgan fingerprint density at radius 3 is 2.89 bits per heavy atom. The van der Waals surface area contributed by atoms with Gasteiger partial charge in [-0.05, 0) is 25.0 Å². The number of hydrogen-bond acceptors (Lipinski definition) is 7. The molecule has 2 aromatic rings. The van der Waals surface area contributed by atoms with Crippen molar-refractivity contribution in [1.82, 2.24) is 24.9 Å². The van der Waals surface area contributed by atoms with Crippen LogP contribution in [-0.4, -0.2) is 70.6 Å². The number of carbonyl (C=O) groups is 1. The number of nitrogens with one attached hydrogen (secondary N) is 2. The quantitative estimate of drug-likeness (QED) is 0.777. The lowest BCUT2D eigenvalue weighted by Gasteiger charge is -2.42. The van der Waals surface area contributed by atoms with E-state index in [-0.39, 0.29) is 18.2 Å². The molecule has 1 unspecified atom stereocenters. The maximum absolute atomic E-state index is 12.5. The van der Waals surface area contributed by atoms with E-state index in [1.807, 2.05) is 16.8 Å². The van der Waals surface area contributed by atoms with Gasteiger partial charge in [-0.1, -0.05) is 0 Å². The molecule has 2 aromatic heterocycles. The SMILES string of the molecule is O=C1NC(CN2CC(Oc3cccnc3)C2)Nn2c1cnc2C1CCOCC1. The lowest BCUT2D eigenvalue weighted by molar-refractivity contribution is 0.0143. The molecule has 0 saturated carbocycles. The van der Waals surface area contributed by atoms with E-state index in [9.17, 15) is 4.79 Å². The molecule has 1 amide bonds. The third-order valence-corrected chi connectivity index (χ3v) is 5.50.